The Balaban J connectivity index is 1.51. The van der Waals surface area contributed by atoms with Crippen LogP contribution < -0.4 is 25.0 Å². The van der Waals surface area contributed by atoms with E-state index in [-0.39, 0.29) is 6.42 Å². The number of hydrogen-bond donors (Lipinski definition) is 2. The zero-order valence-corrected chi connectivity index (χ0v) is 20.7. The van der Waals surface area contributed by atoms with Crippen LogP contribution in [0.25, 0.3) is 0 Å². The zero-order chi connectivity index (χ0) is 25.8. The van der Waals surface area contributed by atoms with Gasteiger partial charge in [0, 0.05) is 5.69 Å². The molecular weight excluding hydrogens is 458 g/mol. The molecule has 0 bridgehead atoms. The van der Waals surface area contributed by atoms with Crippen molar-refractivity contribution in [1.82, 2.24) is 5.43 Å². The summed E-state index contributed by atoms with van der Waals surface area (Å²) in [6.07, 6.45) is 1.12. The number of amides is 2. The molecule has 3 rings (SSSR count). The maximum Gasteiger partial charge on any atom is 0.249 e. The number of nitrogens with zero attached hydrogens (tertiary/aromatic N) is 1. The van der Waals surface area contributed by atoms with E-state index in [1.807, 2.05) is 45.0 Å². The summed E-state index contributed by atoms with van der Waals surface area (Å²) in [5.74, 6) is 0.931. The van der Waals surface area contributed by atoms with Gasteiger partial charge in [0.15, 0.2) is 11.5 Å². The number of hydrazone groups is 1. The van der Waals surface area contributed by atoms with E-state index in [9.17, 15) is 9.59 Å². The molecule has 0 unspecified atom stereocenters. The first-order valence-electron chi connectivity index (χ1n) is 11.8. The number of rotatable bonds is 12. The topological polar surface area (TPSA) is 98.2 Å². The first-order chi connectivity index (χ1) is 17.5. The van der Waals surface area contributed by atoms with E-state index in [4.69, 9.17) is 14.2 Å². The van der Waals surface area contributed by atoms with E-state index in [1.54, 1.807) is 36.4 Å². The lowest BCUT2D eigenvalue weighted by atomic mass is 10.1. The van der Waals surface area contributed by atoms with Gasteiger partial charge < -0.3 is 19.5 Å². The number of carbonyl (C=O) groups is 2. The van der Waals surface area contributed by atoms with Crippen LogP contribution in [0.1, 0.15) is 37.0 Å². The van der Waals surface area contributed by atoms with Crippen molar-refractivity contribution in [3.05, 3.63) is 83.4 Å². The highest BCUT2D eigenvalue weighted by atomic mass is 16.5. The quantitative estimate of drug-likeness (QED) is 0.215. The average molecular weight is 490 g/mol. The molecule has 0 aliphatic heterocycles. The number of ether oxygens (including phenoxy) is 3. The molecule has 8 nitrogen and oxygen atoms in total. The third-order valence-electron chi connectivity index (χ3n) is 4.92. The maximum absolute atomic E-state index is 12.1. The Kier molecular flexibility index (Phi) is 9.88. The number of carbonyl (C=O) groups excluding carboxylic acids is 2. The van der Waals surface area contributed by atoms with Gasteiger partial charge in [-0.25, -0.2) is 5.43 Å². The molecule has 0 saturated carbocycles. The number of nitrogens with one attached hydrogen (secondary N) is 2. The Morgan fingerprint density at radius 2 is 1.64 bits per heavy atom. The number of hydrogen-bond acceptors (Lipinski definition) is 6. The largest absolute Gasteiger partial charge is 0.494 e. The summed E-state index contributed by atoms with van der Waals surface area (Å²) < 4.78 is 17.0. The van der Waals surface area contributed by atoms with Crippen molar-refractivity contribution >= 4 is 23.7 Å². The van der Waals surface area contributed by atoms with E-state index in [1.165, 1.54) is 11.8 Å². The van der Waals surface area contributed by atoms with E-state index in [0.29, 0.717) is 48.3 Å². The Bertz CT molecular complexity index is 1190. The highest BCUT2D eigenvalue weighted by molar-refractivity contribution is 6.03. The minimum atomic E-state index is -0.530. The standard InChI is InChI=1S/C28H31N3O5/c1-4-34-24-12-10-23(11-13-24)30-27(32)17-28(33)31-29-18-21-9-14-25(26(16-21)35-5-2)36-19-22-8-6-7-20(3)15-22/h6-16,18H,4-5,17,19H2,1-3H3,(H,30,32)(H,31,33). The molecule has 0 aliphatic carbocycles. The molecule has 0 heterocycles. The molecule has 3 aromatic carbocycles. The third kappa shape index (κ3) is 8.47. The van der Waals surface area contributed by atoms with Gasteiger partial charge in [-0.05, 0) is 74.4 Å². The Labute approximate surface area is 211 Å². The fourth-order valence-corrected chi connectivity index (χ4v) is 3.33. The normalized spacial score (nSPS) is 10.6. The lowest BCUT2D eigenvalue weighted by Crippen LogP contribution is -2.24. The van der Waals surface area contributed by atoms with Crippen LogP contribution in [0, 0.1) is 6.92 Å². The summed E-state index contributed by atoms with van der Waals surface area (Å²) in [5, 5.41) is 6.62. The second kappa shape index (κ2) is 13.5. The van der Waals surface area contributed by atoms with Crippen molar-refractivity contribution in [3.63, 3.8) is 0 Å². The molecule has 2 N–H and O–H groups in total. The van der Waals surface area contributed by atoms with Crippen LogP contribution in [0.5, 0.6) is 17.2 Å². The molecule has 0 spiro atoms. The predicted octanol–water partition coefficient (Wildman–Crippen LogP) is 4.85. The molecule has 8 heteroatoms. The van der Waals surface area contributed by atoms with Gasteiger partial charge in [0.2, 0.25) is 11.8 Å². The molecular formula is C28H31N3O5. The van der Waals surface area contributed by atoms with Crippen molar-refractivity contribution in [3.8, 4) is 17.2 Å². The van der Waals surface area contributed by atoms with E-state index in [2.05, 4.69) is 21.9 Å². The molecule has 0 aromatic heterocycles. The molecule has 0 aliphatic rings. The summed E-state index contributed by atoms with van der Waals surface area (Å²) in [6, 6.07) is 20.4. The van der Waals surface area contributed by atoms with Crippen LogP contribution in [0.2, 0.25) is 0 Å². The van der Waals surface area contributed by atoms with Gasteiger partial charge in [0.25, 0.3) is 0 Å². The second-order valence-electron chi connectivity index (χ2n) is 7.89. The van der Waals surface area contributed by atoms with Crippen LogP contribution in [-0.4, -0.2) is 31.2 Å². The van der Waals surface area contributed by atoms with Crippen molar-refractivity contribution in [2.24, 2.45) is 5.10 Å². The van der Waals surface area contributed by atoms with Gasteiger partial charge in [-0.2, -0.15) is 5.10 Å². The van der Waals surface area contributed by atoms with E-state index >= 15 is 0 Å². The van der Waals surface area contributed by atoms with Crippen molar-refractivity contribution in [2.75, 3.05) is 18.5 Å². The van der Waals surface area contributed by atoms with E-state index < -0.39 is 11.8 Å². The van der Waals surface area contributed by atoms with Gasteiger partial charge in [-0.15, -0.1) is 0 Å². The molecule has 3 aromatic rings. The average Bonchev–Trinajstić information content (AvgIpc) is 2.85. The summed E-state index contributed by atoms with van der Waals surface area (Å²) in [7, 11) is 0. The van der Waals surface area contributed by atoms with Crippen LogP contribution in [-0.2, 0) is 16.2 Å². The first-order valence-corrected chi connectivity index (χ1v) is 11.8. The molecule has 188 valence electrons. The highest BCUT2D eigenvalue weighted by Crippen LogP contribution is 2.29. The lowest BCUT2D eigenvalue weighted by Gasteiger charge is -2.13. The lowest BCUT2D eigenvalue weighted by molar-refractivity contribution is -0.126. The highest BCUT2D eigenvalue weighted by Gasteiger charge is 2.10. The Morgan fingerprint density at radius 1 is 0.861 bits per heavy atom. The van der Waals surface area contributed by atoms with Gasteiger partial charge in [0.05, 0.1) is 19.4 Å². The predicted molar refractivity (Wildman–Crippen MR) is 140 cm³/mol. The monoisotopic (exact) mass is 489 g/mol. The molecule has 36 heavy (non-hydrogen) atoms. The van der Waals surface area contributed by atoms with Crippen molar-refractivity contribution < 1.29 is 23.8 Å². The van der Waals surface area contributed by atoms with Crippen LogP contribution in [0.4, 0.5) is 5.69 Å². The second-order valence-corrected chi connectivity index (χ2v) is 7.89. The number of aryl methyl sites for hydroxylation is 1. The van der Waals surface area contributed by atoms with Gasteiger partial charge in [-0.1, -0.05) is 29.8 Å². The molecule has 0 atom stereocenters. The number of benzene rings is 3. The minimum Gasteiger partial charge on any atom is -0.494 e. The minimum absolute atomic E-state index is 0.361. The summed E-state index contributed by atoms with van der Waals surface area (Å²) in [5.41, 5.74) is 5.89. The Hall–Kier alpha value is -4.33. The van der Waals surface area contributed by atoms with Crippen LogP contribution in [0.3, 0.4) is 0 Å². The van der Waals surface area contributed by atoms with Crippen molar-refractivity contribution in [2.45, 2.75) is 33.8 Å². The molecule has 0 radical (unpaired) electrons. The van der Waals surface area contributed by atoms with Crippen LogP contribution >= 0.6 is 0 Å². The van der Waals surface area contributed by atoms with Gasteiger partial charge >= 0.3 is 0 Å². The number of anilines is 1. The maximum atomic E-state index is 12.1. The van der Waals surface area contributed by atoms with Crippen LogP contribution in [0.15, 0.2) is 71.8 Å². The fraction of sp³-hybridized carbons (Fsp3) is 0.250. The summed E-state index contributed by atoms with van der Waals surface area (Å²) >= 11 is 0. The fourth-order valence-electron chi connectivity index (χ4n) is 3.33. The molecule has 0 fully saturated rings. The summed E-state index contributed by atoms with van der Waals surface area (Å²) in [4.78, 5) is 24.2. The first kappa shape index (κ1) is 26.3. The Morgan fingerprint density at radius 3 is 2.36 bits per heavy atom. The summed E-state index contributed by atoms with van der Waals surface area (Å²) in [6.45, 7) is 7.28. The van der Waals surface area contributed by atoms with Crippen molar-refractivity contribution in [1.29, 1.82) is 0 Å². The van der Waals surface area contributed by atoms with E-state index in [0.717, 1.165) is 5.56 Å². The third-order valence-corrected chi connectivity index (χ3v) is 4.92. The smallest absolute Gasteiger partial charge is 0.249 e. The van der Waals surface area contributed by atoms with Gasteiger partial charge in [0.1, 0.15) is 18.8 Å². The zero-order valence-electron chi connectivity index (χ0n) is 20.7. The van der Waals surface area contributed by atoms with Gasteiger partial charge in [-0.3, -0.25) is 9.59 Å². The molecule has 2 amide bonds. The molecule has 0 saturated heterocycles. The SMILES string of the molecule is CCOc1ccc(NC(=O)CC(=O)NN=Cc2ccc(OCc3cccc(C)c3)c(OCC)c2)cc1.